The first kappa shape index (κ1) is 13.2. The summed E-state index contributed by atoms with van der Waals surface area (Å²) in [5.41, 5.74) is 1.54. The molecule has 0 saturated carbocycles. The number of thiocarbonyl (C=S) groups is 1. The molecule has 1 aromatic heterocycles. The summed E-state index contributed by atoms with van der Waals surface area (Å²) in [6.45, 7) is 1.90. The molecule has 18 heavy (non-hydrogen) atoms. The molecule has 0 aliphatic heterocycles. The van der Waals surface area contributed by atoms with Crippen LogP contribution < -0.4 is 10.6 Å². The fourth-order valence-electron chi connectivity index (χ4n) is 1.24. The Morgan fingerprint density at radius 2 is 2.22 bits per heavy atom. The topological polar surface area (TPSA) is 37.0 Å². The van der Waals surface area contributed by atoms with Crippen molar-refractivity contribution in [2.24, 2.45) is 0 Å². The maximum absolute atomic E-state index is 13.0. The molecule has 0 fully saturated rings. The number of nitrogens with one attached hydrogen (secondary N) is 2. The summed E-state index contributed by atoms with van der Waals surface area (Å²) in [4.78, 5) is 4.22. The number of hydrogen-bond donors (Lipinski definition) is 2. The average molecular weight is 302 g/mol. The van der Waals surface area contributed by atoms with Crippen LogP contribution in [0, 0.1) is 12.7 Å². The zero-order valence-corrected chi connectivity index (χ0v) is 11.7. The van der Waals surface area contributed by atoms with Crippen molar-refractivity contribution in [1.82, 2.24) is 4.98 Å². The van der Waals surface area contributed by atoms with E-state index < -0.39 is 5.82 Å². The Labute approximate surface area is 118 Å². The molecule has 0 saturated heterocycles. The van der Waals surface area contributed by atoms with Gasteiger partial charge in [-0.2, -0.15) is 0 Å². The van der Waals surface area contributed by atoms with Crippen molar-refractivity contribution >= 4 is 51.1 Å². The first-order valence-corrected chi connectivity index (χ1v) is 6.66. The molecule has 3 nitrogen and oxygen atoms in total. The van der Waals surface area contributed by atoms with E-state index in [1.54, 1.807) is 6.07 Å². The molecule has 2 rings (SSSR count). The Balaban J connectivity index is 2.00. The average Bonchev–Trinajstić information content (AvgIpc) is 2.69. The minimum atomic E-state index is -0.461. The van der Waals surface area contributed by atoms with Crippen molar-refractivity contribution in [3.05, 3.63) is 40.1 Å². The summed E-state index contributed by atoms with van der Waals surface area (Å²) < 4.78 is 13.0. The molecule has 0 spiro atoms. The standard InChI is InChI=1S/C11H9ClFN3S2/c1-6-5-18-11(14-6)16-10(17)15-7-2-3-9(13)8(12)4-7/h2-5H,1H3,(H2,14,15,16,17). The number of anilines is 2. The van der Waals surface area contributed by atoms with Gasteiger partial charge in [-0.15, -0.1) is 11.3 Å². The third-order valence-electron chi connectivity index (χ3n) is 2.02. The van der Waals surface area contributed by atoms with E-state index in [9.17, 15) is 4.39 Å². The van der Waals surface area contributed by atoms with Gasteiger partial charge in [0, 0.05) is 11.1 Å². The normalized spacial score (nSPS) is 10.2. The Morgan fingerprint density at radius 3 is 2.83 bits per heavy atom. The SMILES string of the molecule is Cc1csc(NC(=S)Nc2ccc(F)c(Cl)c2)n1. The van der Waals surface area contributed by atoms with Gasteiger partial charge in [0.2, 0.25) is 0 Å². The van der Waals surface area contributed by atoms with Gasteiger partial charge in [-0.05, 0) is 37.3 Å². The summed E-state index contributed by atoms with van der Waals surface area (Å²) in [5.74, 6) is -0.461. The van der Waals surface area contributed by atoms with Crippen LogP contribution in [0.4, 0.5) is 15.2 Å². The van der Waals surface area contributed by atoms with Crippen LogP contribution in [-0.2, 0) is 0 Å². The minimum absolute atomic E-state index is 0.0490. The molecule has 0 unspecified atom stereocenters. The van der Waals surface area contributed by atoms with Crippen LogP contribution in [0.15, 0.2) is 23.6 Å². The Bertz CT molecular complexity index is 585. The molecule has 2 N–H and O–H groups in total. The Hall–Kier alpha value is -1.24. The summed E-state index contributed by atoms with van der Waals surface area (Å²) in [5, 5.41) is 8.89. The van der Waals surface area contributed by atoms with Gasteiger partial charge in [0.05, 0.1) is 10.7 Å². The van der Waals surface area contributed by atoms with Crippen molar-refractivity contribution in [3.8, 4) is 0 Å². The second kappa shape index (κ2) is 5.60. The van der Waals surface area contributed by atoms with Crippen molar-refractivity contribution in [2.75, 3.05) is 10.6 Å². The molecule has 1 heterocycles. The third kappa shape index (κ3) is 3.38. The summed E-state index contributed by atoms with van der Waals surface area (Å²) in [6, 6.07) is 4.31. The van der Waals surface area contributed by atoms with E-state index in [0.717, 1.165) is 5.69 Å². The summed E-state index contributed by atoms with van der Waals surface area (Å²) in [7, 11) is 0. The quantitative estimate of drug-likeness (QED) is 0.821. The minimum Gasteiger partial charge on any atom is -0.332 e. The Kier molecular flexibility index (Phi) is 4.11. The highest BCUT2D eigenvalue weighted by molar-refractivity contribution is 7.80. The molecular formula is C11H9ClFN3S2. The predicted molar refractivity (Wildman–Crippen MR) is 78.1 cm³/mol. The van der Waals surface area contributed by atoms with Crippen LogP contribution in [0.3, 0.4) is 0 Å². The molecule has 1 aromatic carbocycles. The van der Waals surface area contributed by atoms with Gasteiger partial charge in [0.1, 0.15) is 5.82 Å². The van der Waals surface area contributed by atoms with Crippen LogP contribution in [0.2, 0.25) is 5.02 Å². The second-order valence-corrected chi connectivity index (χ2v) is 5.18. The van der Waals surface area contributed by atoms with Gasteiger partial charge in [0.15, 0.2) is 10.2 Å². The lowest BCUT2D eigenvalue weighted by Gasteiger charge is -2.08. The van der Waals surface area contributed by atoms with Gasteiger partial charge in [-0.1, -0.05) is 11.6 Å². The maximum Gasteiger partial charge on any atom is 0.189 e. The number of aromatic nitrogens is 1. The van der Waals surface area contributed by atoms with Crippen molar-refractivity contribution in [3.63, 3.8) is 0 Å². The van der Waals surface area contributed by atoms with Crippen molar-refractivity contribution in [1.29, 1.82) is 0 Å². The van der Waals surface area contributed by atoms with Crippen LogP contribution in [0.25, 0.3) is 0 Å². The van der Waals surface area contributed by atoms with E-state index in [1.807, 2.05) is 12.3 Å². The molecular weight excluding hydrogens is 293 g/mol. The van der Waals surface area contributed by atoms with Crippen LogP contribution >= 0.6 is 35.2 Å². The molecule has 7 heteroatoms. The fraction of sp³-hybridized carbons (Fsp3) is 0.0909. The van der Waals surface area contributed by atoms with Crippen LogP contribution in [-0.4, -0.2) is 10.1 Å². The van der Waals surface area contributed by atoms with Crippen LogP contribution in [0.1, 0.15) is 5.69 Å². The van der Waals surface area contributed by atoms with Gasteiger partial charge in [0.25, 0.3) is 0 Å². The molecule has 0 atom stereocenters. The number of nitrogens with zero attached hydrogens (tertiary/aromatic N) is 1. The monoisotopic (exact) mass is 301 g/mol. The lowest BCUT2D eigenvalue weighted by atomic mass is 10.3. The number of aryl methyl sites for hydroxylation is 1. The van der Waals surface area contributed by atoms with Crippen LogP contribution in [0.5, 0.6) is 0 Å². The molecule has 2 aromatic rings. The zero-order chi connectivity index (χ0) is 13.1. The van der Waals surface area contributed by atoms with Gasteiger partial charge in [-0.25, -0.2) is 9.37 Å². The molecule has 94 valence electrons. The maximum atomic E-state index is 13.0. The highest BCUT2D eigenvalue weighted by Crippen LogP contribution is 2.20. The van der Waals surface area contributed by atoms with E-state index in [2.05, 4.69) is 15.6 Å². The van der Waals surface area contributed by atoms with E-state index in [-0.39, 0.29) is 5.02 Å². The first-order valence-electron chi connectivity index (χ1n) is 5.00. The molecule has 0 aliphatic carbocycles. The highest BCUT2D eigenvalue weighted by atomic mass is 35.5. The number of rotatable bonds is 2. The van der Waals surface area contributed by atoms with Gasteiger partial charge < -0.3 is 10.6 Å². The number of benzene rings is 1. The lowest BCUT2D eigenvalue weighted by Crippen LogP contribution is -2.18. The molecule has 0 bridgehead atoms. The van der Waals surface area contributed by atoms with Gasteiger partial charge in [-0.3, -0.25) is 0 Å². The van der Waals surface area contributed by atoms with E-state index in [0.29, 0.717) is 15.9 Å². The van der Waals surface area contributed by atoms with Crippen molar-refractivity contribution in [2.45, 2.75) is 6.92 Å². The second-order valence-electron chi connectivity index (χ2n) is 3.50. The first-order chi connectivity index (χ1) is 8.54. The van der Waals surface area contributed by atoms with Crippen molar-refractivity contribution < 1.29 is 4.39 Å². The van der Waals surface area contributed by atoms with E-state index >= 15 is 0 Å². The fourth-order valence-corrected chi connectivity index (χ4v) is 2.40. The zero-order valence-electron chi connectivity index (χ0n) is 9.33. The highest BCUT2D eigenvalue weighted by Gasteiger charge is 2.04. The molecule has 0 amide bonds. The lowest BCUT2D eigenvalue weighted by molar-refractivity contribution is 0.628. The largest absolute Gasteiger partial charge is 0.332 e. The van der Waals surface area contributed by atoms with Gasteiger partial charge >= 0.3 is 0 Å². The van der Waals surface area contributed by atoms with E-state index in [1.165, 1.54) is 23.5 Å². The Morgan fingerprint density at radius 1 is 1.44 bits per heavy atom. The summed E-state index contributed by atoms with van der Waals surface area (Å²) in [6.07, 6.45) is 0. The number of hydrogen-bond acceptors (Lipinski definition) is 3. The number of thiazole rings is 1. The number of halogens is 2. The summed E-state index contributed by atoms with van der Waals surface area (Å²) >= 11 is 12.2. The predicted octanol–water partition coefficient (Wildman–Crippen LogP) is 4.05. The third-order valence-corrected chi connectivity index (χ3v) is 3.39. The molecule has 0 radical (unpaired) electrons. The smallest absolute Gasteiger partial charge is 0.189 e. The van der Waals surface area contributed by atoms with E-state index in [4.69, 9.17) is 23.8 Å². The molecule has 0 aliphatic rings.